The third-order valence-corrected chi connectivity index (χ3v) is 5.14. The van der Waals surface area contributed by atoms with E-state index >= 15 is 0 Å². The highest BCUT2D eigenvalue weighted by Gasteiger charge is 2.12. The van der Waals surface area contributed by atoms with Gasteiger partial charge < -0.3 is 10.5 Å². The smallest absolute Gasteiger partial charge is 0.166 e. The molecule has 2 heterocycles. The maximum atomic E-state index is 11.4. The second-order valence-corrected chi connectivity index (χ2v) is 8.02. The number of benzene rings is 2. The molecule has 0 aliphatic rings. The van der Waals surface area contributed by atoms with Crippen LogP contribution in [-0.2, 0) is 17.5 Å². The topological polar surface area (TPSA) is 110 Å². The van der Waals surface area contributed by atoms with Crippen molar-refractivity contribution in [2.45, 2.75) is 6.54 Å². The summed E-state index contributed by atoms with van der Waals surface area (Å²) < 4.78 is 14.3. The van der Waals surface area contributed by atoms with Crippen LogP contribution >= 0.6 is 0 Å². The molecule has 0 saturated carbocycles. The van der Waals surface area contributed by atoms with Crippen molar-refractivity contribution >= 4 is 39.1 Å². The number of nitrogens with one attached hydrogen (secondary N) is 1. The first-order valence-corrected chi connectivity index (χ1v) is 10.9. The summed E-state index contributed by atoms with van der Waals surface area (Å²) in [5.41, 5.74) is 11.0. The monoisotopic (exact) mass is 418 g/mol. The number of hydrogen-bond donors (Lipinski definition) is 3. The molecule has 2 aromatic carbocycles. The largest absolute Gasteiger partial charge is 0.396 e. The molecular formula is C22H22N6OS. The van der Waals surface area contributed by atoms with Gasteiger partial charge in [0.25, 0.3) is 0 Å². The molecule has 1 unspecified atom stereocenters. The van der Waals surface area contributed by atoms with Gasteiger partial charge in [-0.2, -0.15) is 0 Å². The minimum Gasteiger partial charge on any atom is -0.396 e. The number of pyridine rings is 2. The van der Waals surface area contributed by atoms with Gasteiger partial charge in [0.1, 0.15) is 11.0 Å². The molecule has 0 amide bonds. The van der Waals surface area contributed by atoms with E-state index in [2.05, 4.69) is 20.8 Å². The van der Waals surface area contributed by atoms with Crippen molar-refractivity contribution in [1.82, 2.24) is 9.97 Å². The van der Waals surface area contributed by atoms with Crippen LogP contribution in [0.1, 0.15) is 5.56 Å². The number of hydrazine groups is 1. The quantitative estimate of drug-likeness (QED) is 0.327. The molecule has 4 rings (SSSR count). The number of nitrogens with zero attached hydrogens (tertiary/aromatic N) is 3. The van der Waals surface area contributed by atoms with Gasteiger partial charge in [-0.15, -0.1) is 0 Å². The number of hydrogen-bond acceptors (Lipinski definition) is 6. The summed E-state index contributed by atoms with van der Waals surface area (Å²) in [4.78, 5) is 9.02. The highest BCUT2D eigenvalue weighted by molar-refractivity contribution is 7.85. The minimum atomic E-state index is -1.15. The van der Waals surface area contributed by atoms with Gasteiger partial charge in [0.2, 0.25) is 0 Å². The maximum absolute atomic E-state index is 11.4. The van der Waals surface area contributed by atoms with E-state index in [0.717, 1.165) is 33.4 Å². The third kappa shape index (κ3) is 4.40. The van der Waals surface area contributed by atoms with Crippen LogP contribution in [0.2, 0.25) is 0 Å². The van der Waals surface area contributed by atoms with Crippen LogP contribution < -0.4 is 21.3 Å². The summed E-state index contributed by atoms with van der Waals surface area (Å²) >= 11 is 0. The second kappa shape index (κ2) is 8.48. The van der Waals surface area contributed by atoms with Gasteiger partial charge in [-0.05, 0) is 48.0 Å². The minimum absolute atomic E-state index is 0.446. The lowest BCUT2D eigenvalue weighted by Crippen LogP contribution is -2.31. The lowest BCUT2D eigenvalue weighted by Gasteiger charge is -2.20. The molecule has 1 atom stereocenters. The Labute approximate surface area is 177 Å². The van der Waals surface area contributed by atoms with Crippen molar-refractivity contribution in [3.05, 3.63) is 78.5 Å². The summed E-state index contributed by atoms with van der Waals surface area (Å²) in [6.07, 6.45) is 3.36. The van der Waals surface area contributed by atoms with E-state index in [0.29, 0.717) is 18.1 Å². The third-order valence-electron chi connectivity index (χ3n) is 4.62. The first kappa shape index (κ1) is 19.8. The number of fused-ring (bicyclic) bond motifs is 1. The Morgan fingerprint density at radius 1 is 1.07 bits per heavy atom. The van der Waals surface area contributed by atoms with Crippen LogP contribution in [0.4, 0.5) is 17.2 Å². The fourth-order valence-electron chi connectivity index (χ4n) is 3.25. The zero-order valence-electron chi connectivity index (χ0n) is 16.4. The molecular weight excluding hydrogens is 396 g/mol. The van der Waals surface area contributed by atoms with Gasteiger partial charge in [-0.1, -0.05) is 24.3 Å². The second-order valence-electron chi connectivity index (χ2n) is 6.90. The number of nitrogens with two attached hydrogens (primary N) is 2. The molecule has 4 aromatic rings. The van der Waals surface area contributed by atoms with Crippen molar-refractivity contribution in [2.24, 2.45) is 5.84 Å². The Bertz CT molecular complexity index is 1230. The van der Waals surface area contributed by atoms with Crippen molar-refractivity contribution < 1.29 is 4.21 Å². The van der Waals surface area contributed by atoms with Crippen molar-refractivity contribution in [1.29, 1.82) is 0 Å². The molecule has 0 saturated heterocycles. The average molecular weight is 419 g/mol. The molecule has 0 radical (unpaired) electrons. The van der Waals surface area contributed by atoms with E-state index in [4.69, 9.17) is 11.6 Å². The van der Waals surface area contributed by atoms with Crippen molar-refractivity contribution in [3.8, 4) is 11.3 Å². The molecule has 8 heteroatoms. The Balaban J connectivity index is 1.61. The fourth-order valence-corrected chi connectivity index (χ4v) is 3.71. The highest BCUT2D eigenvalue weighted by atomic mass is 32.2. The standard InChI is InChI=1S/C22H22N6OS/c1-30(29)27-18-6-2-4-17(13-18)21-10-8-19(23)22(26-21)28(24)14-15-7-9-20-16(12-15)5-3-11-25-20/h2-13,27H,14,23-24H2,1H3. The summed E-state index contributed by atoms with van der Waals surface area (Å²) in [6.45, 7) is 0.446. The zero-order chi connectivity index (χ0) is 21.1. The van der Waals surface area contributed by atoms with Crippen LogP contribution in [0.5, 0.6) is 0 Å². The van der Waals surface area contributed by atoms with E-state index in [1.807, 2.05) is 54.6 Å². The average Bonchev–Trinajstić information content (AvgIpc) is 2.73. The fraction of sp³-hybridized carbons (Fsp3) is 0.0909. The molecule has 0 spiro atoms. The molecule has 5 N–H and O–H groups in total. The normalized spacial score (nSPS) is 11.9. The SMILES string of the molecule is CS(=O)Nc1cccc(-c2ccc(N)c(N(N)Cc3ccc4ncccc4c3)n2)c1. The molecule has 152 valence electrons. The molecule has 30 heavy (non-hydrogen) atoms. The zero-order valence-corrected chi connectivity index (χ0v) is 17.3. The molecule has 0 aliphatic heterocycles. The van der Waals surface area contributed by atoms with Crippen LogP contribution in [0, 0.1) is 0 Å². The Kier molecular flexibility index (Phi) is 5.60. The molecule has 0 fully saturated rings. The highest BCUT2D eigenvalue weighted by Crippen LogP contribution is 2.27. The van der Waals surface area contributed by atoms with E-state index in [-0.39, 0.29) is 0 Å². The van der Waals surface area contributed by atoms with Crippen LogP contribution in [0.3, 0.4) is 0 Å². The first-order chi connectivity index (χ1) is 14.5. The van der Waals surface area contributed by atoms with E-state index in [1.165, 1.54) is 0 Å². The number of rotatable bonds is 6. The van der Waals surface area contributed by atoms with Crippen LogP contribution in [0.25, 0.3) is 22.2 Å². The van der Waals surface area contributed by atoms with Crippen LogP contribution in [-0.4, -0.2) is 20.4 Å². The lowest BCUT2D eigenvalue weighted by molar-refractivity contribution is 0.690. The number of nitrogen functional groups attached to an aromatic ring is 1. The predicted octanol–water partition coefficient (Wildman–Crippen LogP) is 3.46. The first-order valence-electron chi connectivity index (χ1n) is 9.32. The molecule has 2 aromatic heterocycles. The lowest BCUT2D eigenvalue weighted by atomic mass is 10.1. The summed E-state index contributed by atoms with van der Waals surface area (Å²) in [7, 11) is -1.15. The maximum Gasteiger partial charge on any atom is 0.166 e. The summed E-state index contributed by atoms with van der Waals surface area (Å²) in [6, 6.07) is 21.1. The number of aromatic nitrogens is 2. The molecule has 0 bridgehead atoms. The van der Waals surface area contributed by atoms with Gasteiger partial charge in [-0.3, -0.25) is 9.99 Å². The van der Waals surface area contributed by atoms with Crippen LogP contribution in [0.15, 0.2) is 72.9 Å². The van der Waals surface area contributed by atoms with E-state index in [9.17, 15) is 4.21 Å². The van der Waals surface area contributed by atoms with Gasteiger partial charge in [0.15, 0.2) is 5.82 Å². The Morgan fingerprint density at radius 3 is 2.77 bits per heavy atom. The van der Waals surface area contributed by atoms with E-state index in [1.54, 1.807) is 23.5 Å². The van der Waals surface area contributed by atoms with Gasteiger partial charge in [-0.25, -0.2) is 15.0 Å². The molecule has 7 nitrogen and oxygen atoms in total. The van der Waals surface area contributed by atoms with Crippen molar-refractivity contribution in [3.63, 3.8) is 0 Å². The van der Waals surface area contributed by atoms with Crippen molar-refractivity contribution in [2.75, 3.05) is 21.7 Å². The van der Waals surface area contributed by atoms with E-state index < -0.39 is 11.0 Å². The summed E-state index contributed by atoms with van der Waals surface area (Å²) in [5.74, 6) is 6.83. The van der Waals surface area contributed by atoms with Gasteiger partial charge >= 0.3 is 0 Å². The predicted molar refractivity (Wildman–Crippen MR) is 124 cm³/mol. The van der Waals surface area contributed by atoms with Gasteiger partial charge in [0.05, 0.1) is 23.4 Å². The van der Waals surface area contributed by atoms with Gasteiger partial charge in [0, 0.05) is 29.1 Å². The number of anilines is 3. The Hall–Kier alpha value is -3.49. The molecule has 0 aliphatic carbocycles. The summed E-state index contributed by atoms with van der Waals surface area (Å²) in [5, 5.41) is 2.59. The Morgan fingerprint density at radius 2 is 1.93 bits per heavy atom.